The number of nitrogens with zero attached hydrogens (tertiary/aromatic N) is 1. The van der Waals surface area contributed by atoms with E-state index in [4.69, 9.17) is 9.52 Å². The maximum absolute atomic E-state index is 8.74. The second-order valence-electron chi connectivity index (χ2n) is 3.46. The van der Waals surface area contributed by atoms with Gasteiger partial charge < -0.3 is 9.52 Å². The molecule has 78 valence electrons. The van der Waals surface area contributed by atoms with Gasteiger partial charge in [0, 0.05) is 12.0 Å². The van der Waals surface area contributed by atoms with Gasteiger partial charge in [0.15, 0.2) is 11.7 Å². The summed E-state index contributed by atoms with van der Waals surface area (Å²) >= 11 is 0. The second-order valence-corrected chi connectivity index (χ2v) is 3.46. The Hall–Kier alpha value is -1.61. The van der Waals surface area contributed by atoms with Crippen LogP contribution in [0.2, 0.25) is 0 Å². The van der Waals surface area contributed by atoms with Gasteiger partial charge in [0.1, 0.15) is 0 Å². The lowest BCUT2D eigenvalue weighted by Gasteiger charge is -1.96. The molecule has 0 aliphatic carbocycles. The van der Waals surface area contributed by atoms with Crippen LogP contribution in [0.4, 0.5) is 0 Å². The Morgan fingerprint density at radius 2 is 2.00 bits per heavy atom. The van der Waals surface area contributed by atoms with Gasteiger partial charge in [0.25, 0.3) is 0 Å². The first-order valence-corrected chi connectivity index (χ1v) is 4.92. The molecular weight excluding hydrogens is 190 g/mol. The normalized spacial score (nSPS) is 10.5. The summed E-state index contributed by atoms with van der Waals surface area (Å²) in [5.41, 5.74) is 2.23. The Balaban J connectivity index is 2.25. The van der Waals surface area contributed by atoms with Gasteiger partial charge in [-0.3, -0.25) is 0 Å². The van der Waals surface area contributed by atoms with Gasteiger partial charge in [-0.25, -0.2) is 4.98 Å². The maximum atomic E-state index is 8.74. The lowest BCUT2D eigenvalue weighted by atomic mass is 10.1. The number of aromatic nitrogens is 1. The van der Waals surface area contributed by atoms with Crippen molar-refractivity contribution in [2.75, 3.05) is 6.61 Å². The van der Waals surface area contributed by atoms with Crippen LogP contribution in [0.5, 0.6) is 0 Å². The largest absolute Gasteiger partial charge is 0.441 e. The number of aryl methyl sites for hydroxylation is 1. The zero-order valence-corrected chi connectivity index (χ0v) is 8.60. The smallest absolute Gasteiger partial charge is 0.197 e. The number of hydrogen-bond donors (Lipinski definition) is 1. The lowest BCUT2D eigenvalue weighted by Crippen LogP contribution is -1.88. The molecule has 1 aromatic carbocycles. The molecule has 0 radical (unpaired) electrons. The highest BCUT2D eigenvalue weighted by molar-refractivity contribution is 5.56. The highest BCUT2D eigenvalue weighted by Gasteiger charge is 2.05. The molecule has 0 fully saturated rings. The van der Waals surface area contributed by atoms with Crippen molar-refractivity contribution in [2.45, 2.75) is 13.3 Å². The molecule has 1 N–H and O–H groups in total. The van der Waals surface area contributed by atoms with Gasteiger partial charge in [-0.1, -0.05) is 29.8 Å². The fraction of sp³-hybridized carbons (Fsp3) is 0.250. The lowest BCUT2D eigenvalue weighted by molar-refractivity contribution is 0.285. The summed E-state index contributed by atoms with van der Waals surface area (Å²) in [6.45, 7) is 2.11. The zero-order chi connectivity index (χ0) is 10.7. The van der Waals surface area contributed by atoms with Crippen LogP contribution in [-0.4, -0.2) is 16.7 Å². The predicted octanol–water partition coefficient (Wildman–Crippen LogP) is 2.18. The molecule has 0 atom stereocenters. The molecule has 2 rings (SSSR count). The first kappa shape index (κ1) is 9.93. The predicted molar refractivity (Wildman–Crippen MR) is 57.5 cm³/mol. The Kier molecular flexibility index (Phi) is 2.83. The molecule has 0 bridgehead atoms. The van der Waals surface area contributed by atoms with Crippen molar-refractivity contribution in [1.82, 2.24) is 4.98 Å². The van der Waals surface area contributed by atoms with E-state index in [0.717, 1.165) is 11.3 Å². The SMILES string of the molecule is Cc1ccc(-c2cnc(CCO)o2)cc1. The summed E-state index contributed by atoms with van der Waals surface area (Å²) in [4.78, 5) is 4.08. The van der Waals surface area contributed by atoms with Crippen LogP contribution in [0.3, 0.4) is 0 Å². The molecule has 0 spiro atoms. The van der Waals surface area contributed by atoms with Crippen LogP contribution < -0.4 is 0 Å². The van der Waals surface area contributed by atoms with Crippen LogP contribution in [-0.2, 0) is 6.42 Å². The molecule has 0 saturated carbocycles. The summed E-state index contributed by atoms with van der Waals surface area (Å²) in [6.07, 6.45) is 2.15. The molecule has 2 aromatic rings. The minimum atomic E-state index is 0.0633. The number of benzene rings is 1. The first-order chi connectivity index (χ1) is 7.29. The molecule has 1 heterocycles. The van der Waals surface area contributed by atoms with E-state index in [1.54, 1.807) is 6.20 Å². The summed E-state index contributed by atoms with van der Waals surface area (Å²) in [5.74, 6) is 1.33. The maximum Gasteiger partial charge on any atom is 0.197 e. The minimum absolute atomic E-state index is 0.0633. The molecule has 0 aliphatic rings. The van der Waals surface area contributed by atoms with Crippen molar-refractivity contribution in [1.29, 1.82) is 0 Å². The second kappa shape index (κ2) is 4.28. The topological polar surface area (TPSA) is 46.3 Å². The number of aliphatic hydroxyl groups is 1. The molecule has 1 aromatic heterocycles. The fourth-order valence-electron chi connectivity index (χ4n) is 1.37. The van der Waals surface area contributed by atoms with Gasteiger partial charge in [-0.2, -0.15) is 0 Å². The summed E-state index contributed by atoms with van der Waals surface area (Å²) < 4.78 is 5.48. The van der Waals surface area contributed by atoms with E-state index in [1.807, 2.05) is 31.2 Å². The van der Waals surface area contributed by atoms with Crippen LogP contribution >= 0.6 is 0 Å². The van der Waals surface area contributed by atoms with E-state index in [-0.39, 0.29) is 6.61 Å². The van der Waals surface area contributed by atoms with E-state index in [2.05, 4.69) is 4.98 Å². The van der Waals surface area contributed by atoms with Crippen LogP contribution in [0, 0.1) is 6.92 Å². The number of hydrogen-bond acceptors (Lipinski definition) is 3. The van der Waals surface area contributed by atoms with Crippen molar-refractivity contribution >= 4 is 0 Å². The zero-order valence-electron chi connectivity index (χ0n) is 8.60. The Morgan fingerprint density at radius 3 is 2.67 bits per heavy atom. The van der Waals surface area contributed by atoms with Crippen LogP contribution in [0.1, 0.15) is 11.5 Å². The first-order valence-electron chi connectivity index (χ1n) is 4.92. The van der Waals surface area contributed by atoms with E-state index in [9.17, 15) is 0 Å². The van der Waals surface area contributed by atoms with E-state index >= 15 is 0 Å². The summed E-state index contributed by atoms with van der Waals surface area (Å²) in [6, 6.07) is 8.06. The molecule has 3 heteroatoms. The highest BCUT2D eigenvalue weighted by atomic mass is 16.4. The Labute approximate surface area is 88.4 Å². The van der Waals surface area contributed by atoms with Gasteiger partial charge in [-0.05, 0) is 6.92 Å². The van der Waals surface area contributed by atoms with E-state index < -0.39 is 0 Å². The molecule has 3 nitrogen and oxygen atoms in total. The summed E-state index contributed by atoms with van der Waals surface area (Å²) in [5, 5.41) is 8.74. The average Bonchev–Trinajstić information content (AvgIpc) is 2.68. The highest BCUT2D eigenvalue weighted by Crippen LogP contribution is 2.20. The number of oxazole rings is 1. The van der Waals surface area contributed by atoms with Gasteiger partial charge in [0.05, 0.1) is 12.8 Å². The molecule has 0 amide bonds. The van der Waals surface area contributed by atoms with Crippen molar-refractivity contribution < 1.29 is 9.52 Å². The van der Waals surface area contributed by atoms with Crippen molar-refractivity contribution in [3.05, 3.63) is 41.9 Å². The molecule has 0 unspecified atom stereocenters. The number of aliphatic hydroxyl groups excluding tert-OH is 1. The van der Waals surface area contributed by atoms with Crippen LogP contribution in [0.15, 0.2) is 34.9 Å². The average molecular weight is 203 g/mol. The fourth-order valence-corrected chi connectivity index (χ4v) is 1.37. The third-order valence-electron chi connectivity index (χ3n) is 2.22. The molecule has 0 saturated heterocycles. The van der Waals surface area contributed by atoms with Gasteiger partial charge >= 0.3 is 0 Å². The third-order valence-corrected chi connectivity index (χ3v) is 2.22. The Morgan fingerprint density at radius 1 is 1.27 bits per heavy atom. The van der Waals surface area contributed by atoms with Crippen LogP contribution in [0.25, 0.3) is 11.3 Å². The molecule has 15 heavy (non-hydrogen) atoms. The van der Waals surface area contributed by atoms with Crippen molar-refractivity contribution in [3.63, 3.8) is 0 Å². The Bertz CT molecular complexity index is 431. The minimum Gasteiger partial charge on any atom is -0.441 e. The van der Waals surface area contributed by atoms with E-state index in [1.165, 1.54) is 5.56 Å². The number of rotatable bonds is 3. The van der Waals surface area contributed by atoms with Crippen molar-refractivity contribution in [2.24, 2.45) is 0 Å². The third kappa shape index (κ3) is 2.25. The van der Waals surface area contributed by atoms with E-state index in [0.29, 0.717) is 12.3 Å². The standard InChI is InChI=1S/C12H13NO2/c1-9-2-4-10(5-3-9)11-8-13-12(15-11)6-7-14/h2-5,8,14H,6-7H2,1H3. The molecular formula is C12H13NO2. The molecule has 0 aliphatic heterocycles. The quantitative estimate of drug-likeness (QED) is 0.831. The van der Waals surface area contributed by atoms with Crippen molar-refractivity contribution in [3.8, 4) is 11.3 Å². The van der Waals surface area contributed by atoms with Gasteiger partial charge in [0.2, 0.25) is 0 Å². The summed E-state index contributed by atoms with van der Waals surface area (Å²) in [7, 11) is 0. The van der Waals surface area contributed by atoms with Gasteiger partial charge in [-0.15, -0.1) is 0 Å². The monoisotopic (exact) mass is 203 g/mol.